The Morgan fingerprint density at radius 3 is 1.77 bits per heavy atom. The maximum absolute atomic E-state index is 12.9. The van der Waals surface area contributed by atoms with Gasteiger partial charge in [0.15, 0.2) is 5.78 Å². The Labute approximate surface area is 210 Å². The van der Waals surface area contributed by atoms with E-state index in [0.717, 1.165) is 27.3 Å². The Morgan fingerprint density at radius 2 is 1.23 bits per heavy atom. The van der Waals surface area contributed by atoms with E-state index in [1.807, 2.05) is 97.1 Å². The van der Waals surface area contributed by atoms with Crippen molar-refractivity contribution >= 4 is 17.5 Å². The standard InChI is InChI=1S/C30H28O4S/c1-22(31)29-27(33-19-23-9-5-3-6-10-23)17-18-28(34-20-24-11-7-4-8-12-24)30(29)35-21-25-13-15-26(32-2)16-14-25/h3-18H,19-21H2,1-2H3. The molecule has 0 bridgehead atoms. The number of carbonyl (C=O) groups excluding carboxylic acids is 1. The molecule has 0 heterocycles. The third-order valence-corrected chi connectivity index (χ3v) is 6.62. The first-order chi connectivity index (χ1) is 17.1. The Balaban J connectivity index is 1.62. The lowest BCUT2D eigenvalue weighted by Crippen LogP contribution is -2.06. The van der Waals surface area contributed by atoms with Crippen LogP contribution in [0, 0.1) is 0 Å². The number of benzene rings is 4. The second-order valence-electron chi connectivity index (χ2n) is 8.01. The zero-order valence-corrected chi connectivity index (χ0v) is 20.7. The molecule has 0 N–H and O–H groups in total. The van der Waals surface area contributed by atoms with Crippen LogP contribution in [-0.4, -0.2) is 12.9 Å². The minimum atomic E-state index is -0.0598. The Bertz CT molecular complexity index is 1240. The quantitative estimate of drug-likeness (QED) is 0.164. The van der Waals surface area contributed by atoms with E-state index >= 15 is 0 Å². The van der Waals surface area contributed by atoms with E-state index in [4.69, 9.17) is 14.2 Å². The van der Waals surface area contributed by atoms with Crippen molar-refractivity contribution in [3.05, 3.63) is 119 Å². The van der Waals surface area contributed by atoms with Crippen LogP contribution in [0.5, 0.6) is 17.2 Å². The number of carbonyl (C=O) groups is 1. The van der Waals surface area contributed by atoms with E-state index in [0.29, 0.717) is 36.0 Å². The summed E-state index contributed by atoms with van der Waals surface area (Å²) in [7, 11) is 1.65. The van der Waals surface area contributed by atoms with Gasteiger partial charge in [-0.25, -0.2) is 0 Å². The van der Waals surface area contributed by atoms with Crippen molar-refractivity contribution in [1.82, 2.24) is 0 Å². The zero-order chi connectivity index (χ0) is 24.5. The Morgan fingerprint density at radius 1 is 0.686 bits per heavy atom. The topological polar surface area (TPSA) is 44.8 Å². The third-order valence-electron chi connectivity index (χ3n) is 5.45. The molecule has 4 rings (SSSR count). The van der Waals surface area contributed by atoms with Gasteiger partial charge in [0, 0.05) is 5.75 Å². The molecule has 0 fully saturated rings. The monoisotopic (exact) mass is 484 g/mol. The summed E-state index contributed by atoms with van der Waals surface area (Å²) < 4.78 is 17.6. The van der Waals surface area contributed by atoms with Gasteiger partial charge in [-0.1, -0.05) is 72.8 Å². The van der Waals surface area contributed by atoms with Crippen LogP contribution in [0.3, 0.4) is 0 Å². The number of rotatable bonds is 11. The SMILES string of the molecule is COc1ccc(CSc2c(OCc3ccccc3)ccc(OCc3ccccc3)c2C(C)=O)cc1. The van der Waals surface area contributed by atoms with Crippen LogP contribution in [0.15, 0.2) is 102 Å². The summed E-state index contributed by atoms with van der Waals surface area (Å²) >= 11 is 1.57. The highest BCUT2D eigenvalue weighted by Crippen LogP contribution is 2.40. The fraction of sp³-hybridized carbons (Fsp3) is 0.167. The fourth-order valence-corrected chi connectivity index (χ4v) is 4.77. The summed E-state index contributed by atoms with van der Waals surface area (Å²) in [6, 6.07) is 31.6. The van der Waals surface area contributed by atoms with Gasteiger partial charge in [0.2, 0.25) is 0 Å². The van der Waals surface area contributed by atoms with Gasteiger partial charge in [0.05, 0.1) is 17.6 Å². The molecule has 178 valence electrons. The largest absolute Gasteiger partial charge is 0.497 e. The molecule has 0 amide bonds. The smallest absolute Gasteiger partial charge is 0.164 e. The van der Waals surface area contributed by atoms with Crippen LogP contribution >= 0.6 is 11.8 Å². The maximum atomic E-state index is 12.9. The summed E-state index contributed by atoms with van der Waals surface area (Å²) in [6.45, 7) is 2.37. The zero-order valence-electron chi connectivity index (χ0n) is 19.9. The highest BCUT2D eigenvalue weighted by Gasteiger charge is 2.20. The van der Waals surface area contributed by atoms with E-state index in [1.165, 1.54) is 0 Å². The van der Waals surface area contributed by atoms with Gasteiger partial charge in [0.1, 0.15) is 30.5 Å². The molecule has 0 aromatic heterocycles. The summed E-state index contributed by atoms with van der Waals surface area (Å²) in [5, 5.41) is 0. The molecule has 0 atom stereocenters. The molecular formula is C30H28O4S. The number of thioether (sulfide) groups is 1. The second-order valence-corrected chi connectivity index (χ2v) is 8.99. The molecular weight excluding hydrogens is 456 g/mol. The second kappa shape index (κ2) is 12.1. The minimum absolute atomic E-state index is 0.0598. The summed E-state index contributed by atoms with van der Waals surface area (Å²) in [4.78, 5) is 13.6. The maximum Gasteiger partial charge on any atom is 0.164 e. The number of methoxy groups -OCH3 is 1. The predicted molar refractivity (Wildman–Crippen MR) is 141 cm³/mol. The van der Waals surface area contributed by atoms with Crippen molar-refractivity contribution < 1.29 is 19.0 Å². The van der Waals surface area contributed by atoms with Gasteiger partial charge in [-0.05, 0) is 47.9 Å². The van der Waals surface area contributed by atoms with Crippen molar-refractivity contribution in [1.29, 1.82) is 0 Å². The molecule has 0 spiro atoms. The molecule has 35 heavy (non-hydrogen) atoms. The first-order valence-corrected chi connectivity index (χ1v) is 12.4. The number of ketones is 1. The van der Waals surface area contributed by atoms with Crippen molar-refractivity contribution in [2.45, 2.75) is 30.8 Å². The molecule has 4 aromatic rings. The van der Waals surface area contributed by atoms with Crippen molar-refractivity contribution in [2.24, 2.45) is 0 Å². The van der Waals surface area contributed by atoms with Gasteiger partial charge in [0.25, 0.3) is 0 Å². The molecule has 0 radical (unpaired) electrons. The van der Waals surface area contributed by atoms with E-state index in [2.05, 4.69) is 0 Å². The lowest BCUT2D eigenvalue weighted by molar-refractivity contribution is 0.100. The lowest BCUT2D eigenvalue weighted by Gasteiger charge is -2.18. The number of ether oxygens (including phenoxy) is 3. The van der Waals surface area contributed by atoms with Crippen molar-refractivity contribution in [3.8, 4) is 17.2 Å². The molecule has 0 aliphatic rings. The summed E-state index contributed by atoms with van der Waals surface area (Å²) in [5.41, 5.74) is 3.77. The van der Waals surface area contributed by atoms with E-state index in [9.17, 15) is 4.79 Å². The minimum Gasteiger partial charge on any atom is -0.497 e. The van der Waals surface area contributed by atoms with Gasteiger partial charge in [-0.15, -0.1) is 11.8 Å². The highest BCUT2D eigenvalue weighted by molar-refractivity contribution is 7.98. The molecule has 0 aliphatic heterocycles. The average molecular weight is 485 g/mol. The first-order valence-electron chi connectivity index (χ1n) is 11.4. The molecule has 0 unspecified atom stereocenters. The Hall–Kier alpha value is -3.70. The lowest BCUT2D eigenvalue weighted by atomic mass is 10.1. The number of hydrogen-bond acceptors (Lipinski definition) is 5. The molecule has 4 aromatic carbocycles. The first kappa shape index (κ1) is 24.4. The van der Waals surface area contributed by atoms with E-state index < -0.39 is 0 Å². The molecule has 0 saturated carbocycles. The fourth-order valence-electron chi connectivity index (χ4n) is 3.60. The third kappa shape index (κ3) is 6.67. The van der Waals surface area contributed by atoms with Gasteiger partial charge in [-0.3, -0.25) is 4.79 Å². The normalized spacial score (nSPS) is 10.6. The van der Waals surface area contributed by atoms with Gasteiger partial charge >= 0.3 is 0 Å². The van der Waals surface area contributed by atoms with E-state index in [1.54, 1.807) is 25.8 Å². The van der Waals surface area contributed by atoms with Crippen molar-refractivity contribution in [2.75, 3.05) is 7.11 Å². The number of hydrogen-bond donors (Lipinski definition) is 0. The molecule has 5 heteroatoms. The molecule has 0 saturated heterocycles. The Kier molecular flexibility index (Phi) is 8.47. The van der Waals surface area contributed by atoms with Crippen LogP contribution in [0.1, 0.15) is 34.0 Å². The predicted octanol–water partition coefficient (Wildman–Crippen LogP) is 7.35. The van der Waals surface area contributed by atoms with Crippen LogP contribution < -0.4 is 14.2 Å². The molecule has 0 aliphatic carbocycles. The van der Waals surface area contributed by atoms with Crippen LogP contribution in [0.2, 0.25) is 0 Å². The van der Waals surface area contributed by atoms with Crippen LogP contribution in [0.4, 0.5) is 0 Å². The highest BCUT2D eigenvalue weighted by atomic mass is 32.2. The van der Waals surface area contributed by atoms with Gasteiger partial charge < -0.3 is 14.2 Å². The van der Waals surface area contributed by atoms with Crippen LogP contribution in [0.25, 0.3) is 0 Å². The van der Waals surface area contributed by atoms with E-state index in [-0.39, 0.29) is 5.78 Å². The van der Waals surface area contributed by atoms with Crippen molar-refractivity contribution in [3.63, 3.8) is 0 Å². The van der Waals surface area contributed by atoms with Gasteiger partial charge in [-0.2, -0.15) is 0 Å². The number of Topliss-reactive ketones (excluding diaryl/α,β-unsaturated/α-hetero) is 1. The average Bonchev–Trinajstić information content (AvgIpc) is 2.91. The van der Waals surface area contributed by atoms with Crippen LogP contribution in [-0.2, 0) is 19.0 Å². The molecule has 4 nitrogen and oxygen atoms in total. The summed E-state index contributed by atoms with van der Waals surface area (Å²) in [5.74, 6) is 2.66. The summed E-state index contributed by atoms with van der Waals surface area (Å²) in [6.07, 6.45) is 0.